The van der Waals surface area contributed by atoms with Crippen LogP contribution in [0.4, 0.5) is 0 Å². The van der Waals surface area contributed by atoms with E-state index in [2.05, 4.69) is 13.8 Å². The van der Waals surface area contributed by atoms with Crippen molar-refractivity contribution in [3.05, 3.63) is 0 Å². The van der Waals surface area contributed by atoms with Gasteiger partial charge in [-0.25, -0.2) is 0 Å². The van der Waals surface area contributed by atoms with E-state index in [-0.39, 0.29) is 76.5 Å². The summed E-state index contributed by atoms with van der Waals surface area (Å²) >= 11 is 1.09. The average Bonchev–Trinajstić information content (AvgIpc) is 3.09. The Morgan fingerprint density at radius 1 is 0.608 bits per heavy atom. The minimum atomic E-state index is -0.981. The van der Waals surface area contributed by atoms with Crippen molar-refractivity contribution in [2.45, 2.75) is 147 Å². The van der Waals surface area contributed by atoms with E-state index in [0.717, 1.165) is 69.7 Å². The molecule has 2 unspecified atom stereocenters. The van der Waals surface area contributed by atoms with Crippen LogP contribution in [0.3, 0.4) is 0 Å². The van der Waals surface area contributed by atoms with E-state index < -0.39 is 41.3 Å². The Kier molecular flexibility index (Phi) is 31.4. The van der Waals surface area contributed by atoms with Crippen molar-refractivity contribution < 1.29 is 57.2 Å². The number of esters is 4. The third kappa shape index (κ3) is 30.6. The van der Waals surface area contributed by atoms with Gasteiger partial charge in [0.15, 0.2) is 17.3 Å². The molecule has 14 heteroatoms. The number of nitrogens with zero attached hydrogens (tertiary/aromatic N) is 1. The van der Waals surface area contributed by atoms with Crippen LogP contribution in [0.1, 0.15) is 129 Å². The standard InChI is InChI=1S/C37H65NO12S/c1-6-8-10-12-14-17-33(40)47-27-31(28-48-34(41)18-15-13-11-9-7-2)50-36(43)23-21-32(51-37(44)19-16-24-38(3)4)20-22-35(42)49-30(25-45-5)26-46-29-39/h29-32H,6-28H2,1-5H3. The molecular weight excluding hydrogens is 682 g/mol. The summed E-state index contributed by atoms with van der Waals surface area (Å²) in [7, 11) is 5.28. The lowest BCUT2D eigenvalue weighted by molar-refractivity contribution is -0.167. The first-order chi connectivity index (χ1) is 24.5. The van der Waals surface area contributed by atoms with Crippen molar-refractivity contribution in [2.24, 2.45) is 0 Å². The molecule has 0 aliphatic heterocycles. The maximum Gasteiger partial charge on any atom is 0.306 e. The molecule has 296 valence electrons. The summed E-state index contributed by atoms with van der Waals surface area (Å²) in [6, 6.07) is 0. The average molecular weight is 748 g/mol. The molecule has 51 heavy (non-hydrogen) atoms. The molecule has 0 aromatic heterocycles. The molecular formula is C37H65NO12S. The lowest BCUT2D eigenvalue weighted by atomic mass is 10.1. The summed E-state index contributed by atoms with van der Waals surface area (Å²) in [5.41, 5.74) is 0. The topological polar surface area (TPSA) is 161 Å². The number of thioether (sulfide) groups is 1. The monoisotopic (exact) mass is 747 g/mol. The van der Waals surface area contributed by atoms with Crippen molar-refractivity contribution in [2.75, 3.05) is 54.2 Å². The van der Waals surface area contributed by atoms with E-state index in [1.54, 1.807) is 0 Å². The first kappa shape index (κ1) is 48.3. The summed E-state index contributed by atoms with van der Waals surface area (Å²) < 4.78 is 31.5. The third-order valence-electron chi connectivity index (χ3n) is 7.75. The predicted molar refractivity (Wildman–Crippen MR) is 195 cm³/mol. The van der Waals surface area contributed by atoms with Gasteiger partial charge in [-0.15, -0.1) is 0 Å². The second-order valence-corrected chi connectivity index (χ2v) is 14.3. The number of hydrogen-bond donors (Lipinski definition) is 0. The predicted octanol–water partition coefficient (Wildman–Crippen LogP) is 5.97. The Bertz CT molecular complexity index is 934. The summed E-state index contributed by atoms with van der Waals surface area (Å²) in [5, 5.41) is -0.445. The minimum absolute atomic E-state index is 0.0373. The van der Waals surface area contributed by atoms with E-state index in [0.29, 0.717) is 25.7 Å². The summed E-state index contributed by atoms with van der Waals surface area (Å²) in [5.74, 6) is -1.97. The fourth-order valence-electron chi connectivity index (χ4n) is 4.92. The molecule has 2 atom stereocenters. The number of carbonyl (C=O) groups excluding carboxylic acids is 6. The molecule has 0 aliphatic carbocycles. The highest BCUT2D eigenvalue weighted by molar-refractivity contribution is 8.14. The SMILES string of the molecule is CCCCCCCC(=O)OCC(COC(=O)CCCCCCC)OC(=O)CCC(CCC(=O)OC(COC)COC=O)SC(=O)CCCN(C)C. The van der Waals surface area contributed by atoms with Crippen LogP contribution in [0, 0.1) is 0 Å². The Hall–Kier alpha value is -2.71. The maximum absolute atomic E-state index is 13.0. The van der Waals surface area contributed by atoms with Gasteiger partial charge in [0.1, 0.15) is 19.8 Å². The molecule has 0 amide bonds. The van der Waals surface area contributed by atoms with E-state index in [1.165, 1.54) is 7.11 Å². The molecule has 0 radical (unpaired) electrons. The summed E-state index contributed by atoms with van der Waals surface area (Å²) in [6.07, 6.45) is 9.89. The second-order valence-electron chi connectivity index (χ2n) is 12.9. The molecule has 0 aromatic carbocycles. The molecule has 0 aliphatic rings. The quantitative estimate of drug-likeness (QED) is 0.0328. The molecule has 0 N–H and O–H groups in total. The zero-order chi connectivity index (χ0) is 38.1. The van der Waals surface area contributed by atoms with Crippen LogP contribution >= 0.6 is 11.8 Å². The Labute approximate surface area is 309 Å². The normalized spacial score (nSPS) is 12.3. The summed E-state index contributed by atoms with van der Waals surface area (Å²) in [6.45, 7) is 4.64. The van der Waals surface area contributed by atoms with Crippen molar-refractivity contribution in [1.29, 1.82) is 0 Å². The number of hydrogen-bond acceptors (Lipinski definition) is 14. The van der Waals surface area contributed by atoms with Gasteiger partial charge >= 0.3 is 23.9 Å². The van der Waals surface area contributed by atoms with Crippen molar-refractivity contribution in [3.63, 3.8) is 0 Å². The van der Waals surface area contributed by atoms with Crippen LogP contribution in [0.5, 0.6) is 0 Å². The lowest BCUT2D eigenvalue weighted by Gasteiger charge is -2.20. The van der Waals surface area contributed by atoms with Gasteiger partial charge < -0.3 is 33.3 Å². The first-order valence-electron chi connectivity index (χ1n) is 18.6. The molecule has 0 saturated heterocycles. The summed E-state index contributed by atoms with van der Waals surface area (Å²) in [4.78, 5) is 75.7. The molecule has 0 bridgehead atoms. The maximum atomic E-state index is 13.0. The molecule has 0 rings (SSSR count). The Morgan fingerprint density at radius 2 is 1.10 bits per heavy atom. The Balaban J connectivity index is 5.33. The van der Waals surface area contributed by atoms with Gasteiger partial charge in [0.2, 0.25) is 0 Å². The van der Waals surface area contributed by atoms with E-state index in [4.69, 9.17) is 28.4 Å². The van der Waals surface area contributed by atoms with Gasteiger partial charge in [-0.1, -0.05) is 77.0 Å². The lowest BCUT2D eigenvalue weighted by Crippen LogP contribution is -2.31. The van der Waals surface area contributed by atoms with Crippen molar-refractivity contribution in [3.8, 4) is 0 Å². The minimum Gasteiger partial charge on any atom is -0.464 e. The van der Waals surface area contributed by atoms with Gasteiger partial charge in [-0.05, 0) is 52.7 Å². The fraction of sp³-hybridized carbons (Fsp3) is 0.838. The number of methoxy groups -OCH3 is 1. The van der Waals surface area contributed by atoms with Crippen LogP contribution in [0.15, 0.2) is 0 Å². The number of rotatable bonds is 34. The fourth-order valence-corrected chi connectivity index (χ4v) is 6.03. The molecule has 0 heterocycles. The van der Waals surface area contributed by atoms with Crippen LogP contribution in [-0.4, -0.2) is 112 Å². The van der Waals surface area contributed by atoms with E-state index >= 15 is 0 Å². The molecule has 0 saturated carbocycles. The van der Waals surface area contributed by atoms with Crippen molar-refractivity contribution in [1.82, 2.24) is 4.90 Å². The van der Waals surface area contributed by atoms with Crippen LogP contribution in [0.25, 0.3) is 0 Å². The van der Waals surface area contributed by atoms with Crippen LogP contribution < -0.4 is 0 Å². The van der Waals surface area contributed by atoms with Crippen LogP contribution in [-0.2, 0) is 57.2 Å². The Morgan fingerprint density at radius 3 is 1.55 bits per heavy atom. The first-order valence-corrected chi connectivity index (χ1v) is 19.5. The molecule has 0 aromatic rings. The van der Waals surface area contributed by atoms with Gasteiger partial charge in [0, 0.05) is 44.5 Å². The van der Waals surface area contributed by atoms with E-state index in [9.17, 15) is 28.8 Å². The van der Waals surface area contributed by atoms with E-state index in [1.807, 2.05) is 19.0 Å². The van der Waals surface area contributed by atoms with Gasteiger partial charge in [0.05, 0.1) is 6.61 Å². The largest absolute Gasteiger partial charge is 0.464 e. The van der Waals surface area contributed by atoms with Gasteiger partial charge in [-0.2, -0.15) is 0 Å². The highest BCUT2D eigenvalue weighted by Gasteiger charge is 2.23. The van der Waals surface area contributed by atoms with Gasteiger partial charge in [0.25, 0.3) is 6.47 Å². The number of ether oxygens (including phenoxy) is 6. The molecule has 0 spiro atoms. The highest BCUT2D eigenvalue weighted by atomic mass is 32.2. The highest BCUT2D eigenvalue weighted by Crippen LogP contribution is 2.25. The van der Waals surface area contributed by atoms with Gasteiger partial charge in [-0.3, -0.25) is 28.8 Å². The zero-order valence-electron chi connectivity index (χ0n) is 31.8. The molecule has 0 fully saturated rings. The third-order valence-corrected chi connectivity index (χ3v) is 9.03. The number of unbranched alkanes of at least 4 members (excludes halogenated alkanes) is 8. The second kappa shape index (κ2) is 33.1. The van der Waals surface area contributed by atoms with Crippen molar-refractivity contribution >= 4 is 47.2 Å². The molecule has 13 nitrogen and oxygen atoms in total. The number of carbonyl (C=O) groups is 6. The van der Waals surface area contributed by atoms with Crippen LogP contribution in [0.2, 0.25) is 0 Å². The smallest absolute Gasteiger partial charge is 0.306 e. The zero-order valence-corrected chi connectivity index (χ0v) is 32.6.